The SMILES string of the molecule is CC(C)C(C)(C)[NH-].[V]. The molecular formula is C6H14NV-. The van der Waals surface area contributed by atoms with Gasteiger partial charge >= 0.3 is 0 Å². The first-order valence-electron chi connectivity index (χ1n) is 2.69. The van der Waals surface area contributed by atoms with Crippen molar-refractivity contribution in [3.05, 3.63) is 5.73 Å². The molecule has 1 N–H and O–H groups in total. The normalized spacial score (nSPS) is 11.2. The van der Waals surface area contributed by atoms with Crippen molar-refractivity contribution in [3.8, 4) is 0 Å². The van der Waals surface area contributed by atoms with E-state index in [2.05, 4.69) is 13.8 Å². The summed E-state index contributed by atoms with van der Waals surface area (Å²) in [6, 6.07) is 0. The van der Waals surface area contributed by atoms with E-state index in [1.54, 1.807) is 0 Å². The molecular weight excluding hydrogens is 137 g/mol. The number of rotatable bonds is 1. The molecule has 0 saturated heterocycles. The van der Waals surface area contributed by atoms with Crippen molar-refractivity contribution in [2.45, 2.75) is 33.2 Å². The number of nitrogens with one attached hydrogen (secondary N) is 1. The van der Waals surface area contributed by atoms with Crippen LogP contribution in [0.15, 0.2) is 0 Å². The molecule has 2 heteroatoms. The Hall–Kier alpha value is 0.544. The van der Waals surface area contributed by atoms with E-state index in [0.29, 0.717) is 5.92 Å². The van der Waals surface area contributed by atoms with Crippen LogP contribution < -0.4 is 0 Å². The zero-order valence-corrected chi connectivity index (χ0v) is 7.42. The molecule has 0 aliphatic heterocycles. The maximum absolute atomic E-state index is 7.39. The molecule has 0 aliphatic rings. The zero-order valence-electron chi connectivity index (χ0n) is 6.02. The smallest absolute Gasteiger partial charge is 0 e. The van der Waals surface area contributed by atoms with Gasteiger partial charge in [0.1, 0.15) is 0 Å². The van der Waals surface area contributed by atoms with E-state index in [9.17, 15) is 0 Å². The summed E-state index contributed by atoms with van der Waals surface area (Å²) in [5, 5.41) is 0. The molecule has 0 bridgehead atoms. The topological polar surface area (TPSA) is 23.8 Å². The minimum absolute atomic E-state index is 0. The summed E-state index contributed by atoms with van der Waals surface area (Å²) >= 11 is 0. The van der Waals surface area contributed by atoms with Crippen LogP contribution in [0.1, 0.15) is 27.7 Å². The fraction of sp³-hybridized carbons (Fsp3) is 1.00. The van der Waals surface area contributed by atoms with Gasteiger partial charge in [0.25, 0.3) is 0 Å². The standard InChI is InChI=1S/C6H14N.V/c1-5(2)6(3,4)7;/h5,7H,1-4H3;/q-1;. The molecule has 0 unspecified atom stereocenters. The molecule has 0 aromatic carbocycles. The maximum Gasteiger partial charge on any atom is 0 e. The summed E-state index contributed by atoms with van der Waals surface area (Å²) in [7, 11) is 0. The Bertz CT molecular complexity index is 54.0. The summed E-state index contributed by atoms with van der Waals surface area (Å²) in [5.74, 6) is 0.465. The second kappa shape index (κ2) is 3.55. The van der Waals surface area contributed by atoms with Crippen molar-refractivity contribution in [2.75, 3.05) is 0 Å². The van der Waals surface area contributed by atoms with Gasteiger partial charge in [0.05, 0.1) is 0 Å². The monoisotopic (exact) mass is 151 g/mol. The zero-order chi connectivity index (χ0) is 6.08. The fourth-order valence-corrected chi connectivity index (χ4v) is 0. The molecule has 0 aromatic rings. The van der Waals surface area contributed by atoms with Crippen molar-refractivity contribution in [1.82, 2.24) is 0 Å². The van der Waals surface area contributed by atoms with Crippen LogP contribution in [-0.4, -0.2) is 5.54 Å². The molecule has 0 spiro atoms. The molecule has 8 heavy (non-hydrogen) atoms. The minimum Gasteiger partial charge on any atom is -0.672 e. The average molecular weight is 151 g/mol. The van der Waals surface area contributed by atoms with Crippen LogP contribution >= 0.6 is 0 Å². The van der Waals surface area contributed by atoms with Crippen molar-refractivity contribution in [2.24, 2.45) is 5.92 Å². The predicted molar refractivity (Wildman–Crippen MR) is 33.2 cm³/mol. The van der Waals surface area contributed by atoms with E-state index in [1.807, 2.05) is 13.8 Å². The molecule has 0 saturated carbocycles. The largest absolute Gasteiger partial charge is 0.672 e. The van der Waals surface area contributed by atoms with E-state index in [4.69, 9.17) is 5.73 Å². The first-order valence-corrected chi connectivity index (χ1v) is 2.69. The van der Waals surface area contributed by atoms with Gasteiger partial charge < -0.3 is 5.73 Å². The van der Waals surface area contributed by atoms with Gasteiger partial charge in [0.15, 0.2) is 0 Å². The number of hydrogen-bond acceptors (Lipinski definition) is 0. The van der Waals surface area contributed by atoms with Gasteiger partial charge in [-0.15, -0.1) is 5.54 Å². The van der Waals surface area contributed by atoms with Gasteiger partial charge in [0.2, 0.25) is 0 Å². The number of hydrogen-bond donors (Lipinski definition) is 0. The van der Waals surface area contributed by atoms with Crippen LogP contribution in [0, 0.1) is 5.92 Å². The third kappa shape index (κ3) is 4.70. The van der Waals surface area contributed by atoms with Gasteiger partial charge in [-0.1, -0.05) is 33.6 Å². The van der Waals surface area contributed by atoms with Crippen LogP contribution in [0.5, 0.6) is 0 Å². The summed E-state index contributed by atoms with van der Waals surface area (Å²) < 4.78 is 0. The quantitative estimate of drug-likeness (QED) is 0.549. The Kier molecular flexibility index (Phi) is 5.03. The van der Waals surface area contributed by atoms with Gasteiger partial charge in [-0.05, 0) is 0 Å². The second-order valence-corrected chi connectivity index (χ2v) is 2.88. The summed E-state index contributed by atoms with van der Waals surface area (Å²) in [6.45, 7) is 7.98. The first-order chi connectivity index (χ1) is 2.94. The molecule has 0 atom stereocenters. The Balaban J connectivity index is 0. The van der Waals surface area contributed by atoms with Crippen LogP contribution in [0.3, 0.4) is 0 Å². The third-order valence-electron chi connectivity index (χ3n) is 1.44. The van der Waals surface area contributed by atoms with Crippen molar-refractivity contribution >= 4 is 0 Å². The Morgan fingerprint density at radius 2 is 1.38 bits per heavy atom. The minimum atomic E-state index is -0.250. The molecule has 1 radical (unpaired) electrons. The van der Waals surface area contributed by atoms with Gasteiger partial charge in [-0.25, -0.2) is 0 Å². The molecule has 49 valence electrons. The third-order valence-corrected chi connectivity index (χ3v) is 1.44. The van der Waals surface area contributed by atoms with Gasteiger partial charge in [0, 0.05) is 18.6 Å². The first kappa shape index (κ1) is 11.4. The van der Waals surface area contributed by atoms with E-state index < -0.39 is 0 Å². The summed E-state index contributed by atoms with van der Waals surface area (Å²) in [5.41, 5.74) is 7.14. The Morgan fingerprint density at radius 1 is 1.25 bits per heavy atom. The van der Waals surface area contributed by atoms with Crippen LogP contribution in [-0.2, 0) is 18.6 Å². The predicted octanol–water partition coefficient (Wildman–Crippen LogP) is 2.47. The summed E-state index contributed by atoms with van der Waals surface area (Å²) in [4.78, 5) is 0. The molecule has 0 fully saturated rings. The van der Waals surface area contributed by atoms with Gasteiger partial charge in [-0.2, -0.15) is 0 Å². The fourth-order valence-electron chi connectivity index (χ4n) is 0. The van der Waals surface area contributed by atoms with Crippen LogP contribution in [0.25, 0.3) is 5.73 Å². The van der Waals surface area contributed by atoms with Crippen LogP contribution in [0.4, 0.5) is 0 Å². The van der Waals surface area contributed by atoms with E-state index in [0.717, 1.165) is 0 Å². The molecule has 0 aromatic heterocycles. The second-order valence-electron chi connectivity index (χ2n) is 2.88. The molecule has 0 heterocycles. The van der Waals surface area contributed by atoms with E-state index in [-0.39, 0.29) is 24.1 Å². The maximum atomic E-state index is 7.39. The van der Waals surface area contributed by atoms with Gasteiger partial charge in [-0.3, -0.25) is 0 Å². The van der Waals surface area contributed by atoms with E-state index >= 15 is 0 Å². The summed E-state index contributed by atoms with van der Waals surface area (Å²) in [6.07, 6.45) is 0. The molecule has 0 rings (SSSR count). The van der Waals surface area contributed by atoms with Crippen LogP contribution in [0.2, 0.25) is 0 Å². The van der Waals surface area contributed by atoms with Crippen molar-refractivity contribution < 1.29 is 18.6 Å². The van der Waals surface area contributed by atoms with Crippen molar-refractivity contribution in [1.29, 1.82) is 0 Å². The molecule has 1 nitrogen and oxygen atoms in total. The van der Waals surface area contributed by atoms with E-state index in [1.165, 1.54) is 0 Å². The Labute approximate surface area is 63.9 Å². The Morgan fingerprint density at radius 3 is 1.38 bits per heavy atom. The molecule has 0 aliphatic carbocycles. The average Bonchev–Trinajstić information content (AvgIpc) is 1.31. The van der Waals surface area contributed by atoms with Crippen molar-refractivity contribution in [3.63, 3.8) is 0 Å². The molecule has 0 amide bonds.